The molecular weight excluding hydrogens is 234 g/mol. The highest BCUT2D eigenvalue weighted by atomic mass is 16.5. The van der Waals surface area contributed by atoms with E-state index in [0.717, 1.165) is 23.3 Å². The minimum atomic E-state index is -0.0786. The van der Waals surface area contributed by atoms with E-state index in [9.17, 15) is 0 Å². The molecule has 2 aromatic rings. The molecule has 2 N–H and O–H groups in total. The second-order valence-electron chi connectivity index (χ2n) is 4.90. The number of fused-ring (bicyclic) bond motifs is 1. The van der Waals surface area contributed by atoms with Gasteiger partial charge in [-0.15, -0.1) is 6.58 Å². The van der Waals surface area contributed by atoms with Gasteiger partial charge in [0.25, 0.3) is 0 Å². The summed E-state index contributed by atoms with van der Waals surface area (Å²) in [7, 11) is 0. The number of hydrogen-bond acceptors (Lipinski definition) is 2. The highest BCUT2D eigenvalue weighted by Crippen LogP contribution is 2.34. The third-order valence-corrected chi connectivity index (χ3v) is 3.17. The van der Waals surface area contributed by atoms with Crippen molar-refractivity contribution in [3.05, 3.63) is 54.1 Å². The van der Waals surface area contributed by atoms with Crippen molar-refractivity contribution >= 4 is 10.8 Å². The van der Waals surface area contributed by atoms with E-state index in [4.69, 9.17) is 10.5 Å². The summed E-state index contributed by atoms with van der Waals surface area (Å²) >= 11 is 0. The van der Waals surface area contributed by atoms with E-state index in [1.807, 2.05) is 32.0 Å². The molecule has 0 aromatic heterocycles. The molecule has 0 heterocycles. The fourth-order valence-corrected chi connectivity index (χ4v) is 2.42. The molecule has 0 aliphatic rings. The lowest BCUT2D eigenvalue weighted by molar-refractivity contribution is 0.335. The summed E-state index contributed by atoms with van der Waals surface area (Å²) in [6.45, 7) is 8.59. The molecule has 0 saturated carbocycles. The Bertz CT molecular complexity index is 589. The highest BCUT2D eigenvalue weighted by molar-refractivity contribution is 5.88. The second-order valence-corrected chi connectivity index (χ2v) is 4.90. The summed E-state index contributed by atoms with van der Waals surface area (Å²) in [6.07, 6.45) is 0.772. The van der Waals surface area contributed by atoms with Crippen molar-refractivity contribution in [3.8, 4) is 5.75 Å². The Hall–Kier alpha value is -1.80. The SMILES string of the molecule is C=C(C)C[C@H](N)c1c(OCC)ccc2ccccc12. The van der Waals surface area contributed by atoms with Crippen molar-refractivity contribution < 1.29 is 4.74 Å². The van der Waals surface area contributed by atoms with Gasteiger partial charge < -0.3 is 10.5 Å². The van der Waals surface area contributed by atoms with Crippen LogP contribution in [-0.4, -0.2) is 6.61 Å². The second kappa shape index (κ2) is 5.89. The molecule has 0 bridgehead atoms. The standard InChI is InChI=1S/C17H21NO/c1-4-19-16-10-9-13-7-5-6-8-14(13)17(16)15(18)11-12(2)3/h5-10,15H,2,4,11,18H2,1,3H3/t15-/m0/s1. The maximum absolute atomic E-state index is 6.35. The van der Waals surface area contributed by atoms with Crippen LogP contribution < -0.4 is 10.5 Å². The summed E-state index contributed by atoms with van der Waals surface area (Å²) in [4.78, 5) is 0. The predicted octanol–water partition coefficient (Wildman–Crippen LogP) is 4.20. The zero-order valence-corrected chi connectivity index (χ0v) is 11.6. The maximum Gasteiger partial charge on any atom is 0.124 e. The van der Waals surface area contributed by atoms with Crippen LogP contribution in [0, 0.1) is 0 Å². The minimum Gasteiger partial charge on any atom is -0.494 e. The van der Waals surface area contributed by atoms with Crippen LogP contribution >= 0.6 is 0 Å². The van der Waals surface area contributed by atoms with Crippen LogP contribution in [0.25, 0.3) is 10.8 Å². The Morgan fingerprint density at radius 2 is 2.00 bits per heavy atom. The summed E-state index contributed by atoms with van der Waals surface area (Å²) in [5, 5.41) is 2.36. The van der Waals surface area contributed by atoms with E-state index in [1.54, 1.807) is 0 Å². The summed E-state index contributed by atoms with van der Waals surface area (Å²) in [5.41, 5.74) is 8.52. The average molecular weight is 255 g/mol. The zero-order valence-electron chi connectivity index (χ0n) is 11.6. The van der Waals surface area contributed by atoms with Crippen molar-refractivity contribution in [1.29, 1.82) is 0 Å². The smallest absolute Gasteiger partial charge is 0.124 e. The lowest BCUT2D eigenvalue weighted by Gasteiger charge is -2.19. The first-order valence-electron chi connectivity index (χ1n) is 6.68. The molecule has 0 unspecified atom stereocenters. The van der Waals surface area contributed by atoms with Crippen LogP contribution in [0.2, 0.25) is 0 Å². The minimum absolute atomic E-state index is 0.0786. The predicted molar refractivity (Wildman–Crippen MR) is 81.5 cm³/mol. The molecule has 0 aliphatic heterocycles. The lowest BCUT2D eigenvalue weighted by atomic mass is 9.94. The largest absolute Gasteiger partial charge is 0.494 e. The topological polar surface area (TPSA) is 35.2 Å². The van der Waals surface area contributed by atoms with Gasteiger partial charge in [0.15, 0.2) is 0 Å². The van der Waals surface area contributed by atoms with Crippen LogP contribution in [0.4, 0.5) is 0 Å². The van der Waals surface area contributed by atoms with E-state index in [2.05, 4.69) is 24.8 Å². The van der Waals surface area contributed by atoms with E-state index < -0.39 is 0 Å². The van der Waals surface area contributed by atoms with Crippen molar-refractivity contribution in [2.24, 2.45) is 5.73 Å². The molecular formula is C17H21NO. The monoisotopic (exact) mass is 255 g/mol. The van der Waals surface area contributed by atoms with Gasteiger partial charge in [0.05, 0.1) is 6.61 Å². The van der Waals surface area contributed by atoms with Crippen LogP contribution in [0.1, 0.15) is 31.9 Å². The normalized spacial score (nSPS) is 12.4. The zero-order chi connectivity index (χ0) is 13.8. The third-order valence-electron chi connectivity index (χ3n) is 3.17. The molecule has 2 nitrogen and oxygen atoms in total. The van der Waals surface area contributed by atoms with Crippen molar-refractivity contribution in [3.63, 3.8) is 0 Å². The van der Waals surface area contributed by atoms with Crippen LogP contribution in [0.3, 0.4) is 0 Å². The van der Waals surface area contributed by atoms with Gasteiger partial charge in [0.2, 0.25) is 0 Å². The first-order chi connectivity index (χ1) is 9.13. The number of benzene rings is 2. The molecule has 0 radical (unpaired) electrons. The van der Waals surface area contributed by atoms with Gasteiger partial charge >= 0.3 is 0 Å². The van der Waals surface area contributed by atoms with Crippen LogP contribution in [0.5, 0.6) is 5.75 Å². The molecule has 0 amide bonds. The molecule has 100 valence electrons. The van der Waals surface area contributed by atoms with E-state index >= 15 is 0 Å². The van der Waals surface area contributed by atoms with Gasteiger partial charge in [-0.05, 0) is 37.1 Å². The molecule has 0 saturated heterocycles. The number of ether oxygens (including phenoxy) is 1. The van der Waals surface area contributed by atoms with Crippen molar-refractivity contribution in [2.45, 2.75) is 26.3 Å². The van der Waals surface area contributed by atoms with Gasteiger partial charge in [0, 0.05) is 11.6 Å². The van der Waals surface area contributed by atoms with Gasteiger partial charge in [-0.25, -0.2) is 0 Å². The number of nitrogens with two attached hydrogens (primary N) is 1. The fraction of sp³-hybridized carbons (Fsp3) is 0.294. The molecule has 1 atom stereocenters. The van der Waals surface area contributed by atoms with E-state index in [0.29, 0.717) is 6.61 Å². The number of hydrogen-bond donors (Lipinski definition) is 1. The van der Waals surface area contributed by atoms with Gasteiger partial charge in [0.1, 0.15) is 5.75 Å². The molecule has 0 spiro atoms. The molecule has 2 aromatic carbocycles. The van der Waals surface area contributed by atoms with Crippen molar-refractivity contribution in [1.82, 2.24) is 0 Å². The Kier molecular flexibility index (Phi) is 4.23. The van der Waals surface area contributed by atoms with Gasteiger partial charge in [-0.2, -0.15) is 0 Å². The van der Waals surface area contributed by atoms with Gasteiger partial charge in [-0.3, -0.25) is 0 Å². The summed E-state index contributed by atoms with van der Waals surface area (Å²) in [6, 6.07) is 12.3. The Balaban J connectivity index is 2.57. The highest BCUT2D eigenvalue weighted by Gasteiger charge is 2.15. The fourth-order valence-electron chi connectivity index (χ4n) is 2.42. The Morgan fingerprint density at radius 1 is 1.26 bits per heavy atom. The van der Waals surface area contributed by atoms with Crippen LogP contribution in [0.15, 0.2) is 48.6 Å². The quantitative estimate of drug-likeness (QED) is 0.812. The number of rotatable bonds is 5. The summed E-state index contributed by atoms with van der Waals surface area (Å²) < 4.78 is 5.74. The van der Waals surface area contributed by atoms with Crippen molar-refractivity contribution in [2.75, 3.05) is 6.61 Å². The molecule has 0 aliphatic carbocycles. The molecule has 0 fully saturated rings. The Morgan fingerprint density at radius 3 is 2.68 bits per heavy atom. The van der Waals surface area contributed by atoms with Gasteiger partial charge in [-0.1, -0.05) is 35.9 Å². The van der Waals surface area contributed by atoms with Crippen LogP contribution in [-0.2, 0) is 0 Å². The molecule has 2 rings (SSSR count). The molecule has 19 heavy (non-hydrogen) atoms. The molecule has 2 heteroatoms. The summed E-state index contributed by atoms with van der Waals surface area (Å²) in [5.74, 6) is 0.884. The van der Waals surface area contributed by atoms with E-state index in [-0.39, 0.29) is 6.04 Å². The first kappa shape index (κ1) is 13.6. The first-order valence-corrected chi connectivity index (χ1v) is 6.68. The Labute approximate surface area is 114 Å². The van der Waals surface area contributed by atoms with E-state index in [1.165, 1.54) is 10.8 Å². The average Bonchev–Trinajstić information content (AvgIpc) is 2.37. The maximum atomic E-state index is 6.35. The lowest BCUT2D eigenvalue weighted by Crippen LogP contribution is -2.13. The third kappa shape index (κ3) is 2.96.